The summed E-state index contributed by atoms with van der Waals surface area (Å²) in [6.45, 7) is 4.64. The molecule has 3 rings (SSSR count). The number of ether oxygens (including phenoxy) is 1. The second-order valence-corrected chi connectivity index (χ2v) is 7.07. The third kappa shape index (κ3) is 5.17. The molecule has 26 heavy (non-hydrogen) atoms. The van der Waals surface area contributed by atoms with Gasteiger partial charge in [-0.2, -0.15) is 0 Å². The fourth-order valence-electron chi connectivity index (χ4n) is 2.49. The Kier molecular flexibility index (Phi) is 6.02. The van der Waals surface area contributed by atoms with Crippen LogP contribution < -0.4 is 10.1 Å². The van der Waals surface area contributed by atoms with Crippen molar-refractivity contribution < 1.29 is 9.53 Å². The molecule has 0 radical (unpaired) electrons. The first-order chi connectivity index (χ1) is 12.6. The zero-order chi connectivity index (χ0) is 18.4. The Morgan fingerprint density at radius 3 is 2.69 bits per heavy atom. The molecule has 1 amide bonds. The van der Waals surface area contributed by atoms with Gasteiger partial charge in [0.1, 0.15) is 10.8 Å². The van der Waals surface area contributed by atoms with Crippen molar-refractivity contribution in [1.82, 2.24) is 10.3 Å². The SMILES string of the molecule is Cc1ccc(-c2nc(CCNC(=O)COc3cccc(C)c3)cs2)cc1. The molecule has 0 fully saturated rings. The fraction of sp³-hybridized carbons (Fsp3) is 0.238. The topological polar surface area (TPSA) is 51.2 Å². The predicted molar refractivity (Wildman–Crippen MR) is 106 cm³/mol. The molecule has 1 heterocycles. The predicted octanol–water partition coefficient (Wildman–Crippen LogP) is 4.16. The summed E-state index contributed by atoms with van der Waals surface area (Å²) in [7, 11) is 0. The summed E-state index contributed by atoms with van der Waals surface area (Å²) < 4.78 is 5.50. The second kappa shape index (κ2) is 8.63. The van der Waals surface area contributed by atoms with Crippen molar-refractivity contribution in [3.63, 3.8) is 0 Å². The van der Waals surface area contributed by atoms with Gasteiger partial charge in [-0.25, -0.2) is 4.98 Å². The molecule has 0 aliphatic carbocycles. The van der Waals surface area contributed by atoms with Crippen molar-refractivity contribution in [2.45, 2.75) is 20.3 Å². The maximum atomic E-state index is 11.9. The van der Waals surface area contributed by atoms with E-state index in [0.717, 1.165) is 21.8 Å². The van der Waals surface area contributed by atoms with Crippen LogP contribution in [-0.4, -0.2) is 24.0 Å². The van der Waals surface area contributed by atoms with E-state index in [1.165, 1.54) is 5.56 Å². The molecular formula is C21H22N2O2S. The number of amides is 1. The van der Waals surface area contributed by atoms with Gasteiger partial charge in [0.2, 0.25) is 0 Å². The van der Waals surface area contributed by atoms with Crippen molar-refractivity contribution in [3.8, 4) is 16.3 Å². The lowest BCUT2D eigenvalue weighted by molar-refractivity contribution is -0.123. The lowest BCUT2D eigenvalue weighted by Gasteiger charge is -2.07. The van der Waals surface area contributed by atoms with Crippen LogP contribution in [0.25, 0.3) is 10.6 Å². The average molecular weight is 366 g/mol. The van der Waals surface area contributed by atoms with Crippen molar-refractivity contribution in [2.24, 2.45) is 0 Å². The van der Waals surface area contributed by atoms with Gasteiger partial charge >= 0.3 is 0 Å². The quantitative estimate of drug-likeness (QED) is 0.683. The van der Waals surface area contributed by atoms with Crippen LogP contribution in [0.15, 0.2) is 53.9 Å². The van der Waals surface area contributed by atoms with Crippen LogP contribution in [0.5, 0.6) is 5.75 Å². The highest BCUT2D eigenvalue weighted by molar-refractivity contribution is 7.13. The van der Waals surface area contributed by atoms with Crippen LogP contribution in [0.4, 0.5) is 0 Å². The monoisotopic (exact) mass is 366 g/mol. The minimum atomic E-state index is -0.125. The van der Waals surface area contributed by atoms with E-state index in [0.29, 0.717) is 18.7 Å². The summed E-state index contributed by atoms with van der Waals surface area (Å²) in [5, 5.41) is 5.93. The number of aromatic nitrogens is 1. The highest BCUT2D eigenvalue weighted by atomic mass is 32.1. The molecule has 0 bridgehead atoms. The van der Waals surface area contributed by atoms with E-state index in [1.807, 2.05) is 36.6 Å². The maximum Gasteiger partial charge on any atom is 0.257 e. The van der Waals surface area contributed by atoms with Crippen molar-refractivity contribution in [1.29, 1.82) is 0 Å². The molecule has 0 saturated carbocycles. The Morgan fingerprint density at radius 1 is 1.12 bits per heavy atom. The standard InChI is InChI=1S/C21H22N2O2S/c1-15-6-8-17(9-7-15)21-23-18(14-26-21)10-11-22-20(24)13-25-19-5-3-4-16(2)12-19/h3-9,12,14H,10-11,13H2,1-2H3,(H,22,24). The molecule has 5 heteroatoms. The smallest absolute Gasteiger partial charge is 0.257 e. The fourth-order valence-corrected chi connectivity index (χ4v) is 3.35. The molecule has 1 N–H and O–H groups in total. The lowest BCUT2D eigenvalue weighted by atomic mass is 10.2. The van der Waals surface area contributed by atoms with E-state index >= 15 is 0 Å². The summed E-state index contributed by atoms with van der Waals surface area (Å²) in [5.41, 5.74) is 4.46. The Balaban J connectivity index is 1.43. The van der Waals surface area contributed by atoms with Crippen LogP contribution in [0.2, 0.25) is 0 Å². The molecule has 0 atom stereocenters. The largest absolute Gasteiger partial charge is 0.484 e. The summed E-state index contributed by atoms with van der Waals surface area (Å²) in [6.07, 6.45) is 0.707. The number of nitrogens with zero attached hydrogens (tertiary/aromatic N) is 1. The van der Waals surface area contributed by atoms with E-state index < -0.39 is 0 Å². The Hall–Kier alpha value is -2.66. The minimum absolute atomic E-state index is 0.0230. The van der Waals surface area contributed by atoms with Gasteiger partial charge in [0, 0.05) is 23.9 Å². The lowest BCUT2D eigenvalue weighted by Crippen LogP contribution is -2.30. The number of aryl methyl sites for hydroxylation is 2. The van der Waals surface area contributed by atoms with Crippen LogP contribution >= 0.6 is 11.3 Å². The number of hydrogen-bond donors (Lipinski definition) is 1. The first-order valence-electron chi connectivity index (χ1n) is 8.58. The Bertz CT molecular complexity index is 872. The summed E-state index contributed by atoms with van der Waals surface area (Å²) >= 11 is 1.63. The highest BCUT2D eigenvalue weighted by Crippen LogP contribution is 2.24. The third-order valence-corrected chi connectivity index (χ3v) is 4.85. The number of benzene rings is 2. The molecule has 0 aliphatic rings. The van der Waals surface area contributed by atoms with Gasteiger partial charge in [-0.15, -0.1) is 11.3 Å². The van der Waals surface area contributed by atoms with Gasteiger partial charge in [0.05, 0.1) is 5.69 Å². The number of carbonyl (C=O) groups is 1. The zero-order valence-electron chi connectivity index (χ0n) is 15.0. The second-order valence-electron chi connectivity index (χ2n) is 6.22. The molecule has 0 saturated heterocycles. The maximum absolute atomic E-state index is 11.9. The third-order valence-electron chi connectivity index (χ3n) is 3.91. The molecule has 2 aromatic carbocycles. The average Bonchev–Trinajstić information content (AvgIpc) is 3.09. The molecule has 0 aliphatic heterocycles. The number of carbonyl (C=O) groups excluding carboxylic acids is 1. The van der Waals surface area contributed by atoms with Gasteiger partial charge in [-0.1, -0.05) is 42.0 Å². The normalized spacial score (nSPS) is 10.5. The van der Waals surface area contributed by atoms with E-state index in [-0.39, 0.29) is 12.5 Å². The number of rotatable bonds is 7. The van der Waals surface area contributed by atoms with Crippen LogP contribution in [0, 0.1) is 13.8 Å². The van der Waals surface area contributed by atoms with E-state index in [4.69, 9.17) is 4.74 Å². The number of hydrogen-bond acceptors (Lipinski definition) is 4. The first kappa shape index (κ1) is 18.1. The highest BCUT2D eigenvalue weighted by Gasteiger charge is 2.06. The molecule has 4 nitrogen and oxygen atoms in total. The molecule has 1 aromatic heterocycles. The molecule has 134 valence electrons. The van der Waals surface area contributed by atoms with Gasteiger partial charge < -0.3 is 10.1 Å². The number of thiazole rings is 1. The van der Waals surface area contributed by atoms with E-state index in [9.17, 15) is 4.79 Å². The van der Waals surface area contributed by atoms with E-state index in [1.54, 1.807) is 11.3 Å². The number of nitrogens with one attached hydrogen (secondary N) is 1. The van der Waals surface area contributed by atoms with Crippen LogP contribution in [0.3, 0.4) is 0 Å². The summed E-state index contributed by atoms with van der Waals surface area (Å²) in [4.78, 5) is 16.5. The molecule has 0 spiro atoms. The first-order valence-corrected chi connectivity index (χ1v) is 9.46. The summed E-state index contributed by atoms with van der Waals surface area (Å²) in [6, 6.07) is 16.0. The molecular weight excluding hydrogens is 344 g/mol. The molecule has 0 unspecified atom stereocenters. The Morgan fingerprint density at radius 2 is 1.92 bits per heavy atom. The van der Waals surface area contributed by atoms with Gasteiger partial charge in [-0.3, -0.25) is 4.79 Å². The van der Waals surface area contributed by atoms with Gasteiger partial charge in [0.15, 0.2) is 6.61 Å². The molecule has 3 aromatic rings. The van der Waals surface area contributed by atoms with Crippen LogP contribution in [0.1, 0.15) is 16.8 Å². The Labute approximate surface area is 157 Å². The van der Waals surface area contributed by atoms with Crippen LogP contribution in [-0.2, 0) is 11.2 Å². The van der Waals surface area contributed by atoms with Crippen molar-refractivity contribution in [3.05, 3.63) is 70.7 Å². The summed E-state index contributed by atoms with van der Waals surface area (Å²) in [5.74, 6) is 0.586. The van der Waals surface area contributed by atoms with E-state index in [2.05, 4.69) is 41.5 Å². The minimum Gasteiger partial charge on any atom is -0.484 e. The zero-order valence-corrected chi connectivity index (χ0v) is 15.8. The van der Waals surface area contributed by atoms with Crippen molar-refractivity contribution in [2.75, 3.05) is 13.2 Å². The van der Waals surface area contributed by atoms with Gasteiger partial charge in [-0.05, 0) is 31.5 Å². The van der Waals surface area contributed by atoms with Crippen molar-refractivity contribution >= 4 is 17.2 Å². The van der Waals surface area contributed by atoms with Gasteiger partial charge in [0.25, 0.3) is 5.91 Å².